The maximum Gasteiger partial charge on any atom is 0.228 e. The second-order valence-corrected chi connectivity index (χ2v) is 12.7. The third kappa shape index (κ3) is 4.76. The molecule has 0 spiro atoms. The minimum atomic E-state index is -0.351. The fourth-order valence-corrected chi connectivity index (χ4v) is 7.82. The number of hydrogen-bond acceptors (Lipinski definition) is 3. The van der Waals surface area contributed by atoms with E-state index in [9.17, 15) is 9.59 Å². The second-order valence-electron chi connectivity index (χ2n) is 12.3. The van der Waals surface area contributed by atoms with E-state index in [2.05, 4.69) is 10.2 Å². The van der Waals surface area contributed by atoms with Gasteiger partial charge in [0.2, 0.25) is 11.8 Å². The second kappa shape index (κ2) is 8.48. The summed E-state index contributed by atoms with van der Waals surface area (Å²) in [7, 11) is 0. The monoisotopic (exact) mass is 471 g/mol. The van der Waals surface area contributed by atoms with Crippen molar-refractivity contribution < 1.29 is 9.59 Å². The van der Waals surface area contributed by atoms with Crippen LogP contribution in [0.2, 0.25) is 5.02 Å². The van der Waals surface area contributed by atoms with Crippen LogP contribution in [0.25, 0.3) is 0 Å². The van der Waals surface area contributed by atoms with Crippen molar-refractivity contribution in [2.75, 3.05) is 36.4 Å². The number of piperazine rings is 1. The van der Waals surface area contributed by atoms with E-state index in [1.165, 1.54) is 38.5 Å². The Kier molecular flexibility index (Phi) is 5.91. The fraction of sp³-hybridized carbons (Fsp3) is 0.704. The van der Waals surface area contributed by atoms with Crippen molar-refractivity contribution in [1.82, 2.24) is 4.90 Å². The molecule has 180 valence electrons. The lowest BCUT2D eigenvalue weighted by Crippen LogP contribution is -2.51. The Morgan fingerprint density at radius 3 is 2.09 bits per heavy atom. The molecule has 6 rings (SSSR count). The molecular formula is C27H38ClN3O2. The first kappa shape index (κ1) is 23.0. The molecule has 1 aromatic rings. The fourth-order valence-electron chi connectivity index (χ4n) is 7.52. The normalized spacial score (nSPS) is 31.1. The van der Waals surface area contributed by atoms with Crippen molar-refractivity contribution in [1.29, 1.82) is 0 Å². The van der Waals surface area contributed by atoms with Gasteiger partial charge in [-0.1, -0.05) is 32.4 Å². The van der Waals surface area contributed by atoms with Crippen LogP contribution in [0.1, 0.15) is 65.7 Å². The molecule has 1 N–H and O–H groups in total. The van der Waals surface area contributed by atoms with Crippen LogP contribution in [0.3, 0.4) is 0 Å². The molecule has 5 nitrogen and oxygen atoms in total. The first-order valence-corrected chi connectivity index (χ1v) is 13.1. The molecule has 5 fully saturated rings. The maximum absolute atomic E-state index is 13.0. The molecule has 2 amide bonds. The summed E-state index contributed by atoms with van der Waals surface area (Å²) >= 11 is 6.64. The van der Waals surface area contributed by atoms with Gasteiger partial charge < -0.3 is 15.1 Å². The zero-order valence-corrected chi connectivity index (χ0v) is 21.1. The van der Waals surface area contributed by atoms with Crippen LogP contribution in [0.15, 0.2) is 18.2 Å². The summed E-state index contributed by atoms with van der Waals surface area (Å²) in [6, 6.07) is 5.84. The predicted octanol–water partition coefficient (Wildman–Crippen LogP) is 5.58. The summed E-state index contributed by atoms with van der Waals surface area (Å²) in [5.74, 6) is 2.91. The Labute approximate surface area is 203 Å². The average Bonchev–Trinajstić information content (AvgIpc) is 2.71. The first-order valence-electron chi connectivity index (χ1n) is 12.7. The van der Waals surface area contributed by atoms with E-state index in [0.29, 0.717) is 24.5 Å². The SMILES string of the molecule is CC(C)(C)C(=O)N1CCN(c2ccc(NC(=O)CC34CC5CC(CC(C5)C3)C4)cc2Cl)CC1. The lowest BCUT2D eigenvalue weighted by Gasteiger charge is -2.56. The van der Waals surface area contributed by atoms with E-state index in [-0.39, 0.29) is 22.6 Å². The lowest BCUT2D eigenvalue weighted by atomic mass is 9.49. The molecule has 4 saturated carbocycles. The van der Waals surface area contributed by atoms with Gasteiger partial charge in [0, 0.05) is 43.7 Å². The predicted molar refractivity (Wildman–Crippen MR) is 134 cm³/mol. The van der Waals surface area contributed by atoms with Crippen LogP contribution in [-0.4, -0.2) is 42.9 Å². The maximum atomic E-state index is 13.0. The molecule has 0 atom stereocenters. The highest BCUT2D eigenvalue weighted by atomic mass is 35.5. The number of carbonyl (C=O) groups is 2. The van der Waals surface area contributed by atoms with E-state index in [1.807, 2.05) is 43.9 Å². The topological polar surface area (TPSA) is 52.7 Å². The number of halogens is 1. The minimum absolute atomic E-state index is 0.134. The van der Waals surface area contributed by atoms with Gasteiger partial charge in [-0.05, 0) is 79.9 Å². The van der Waals surface area contributed by atoms with Gasteiger partial charge in [0.05, 0.1) is 10.7 Å². The third-order valence-electron chi connectivity index (χ3n) is 8.48. The largest absolute Gasteiger partial charge is 0.367 e. The molecule has 5 aliphatic rings. The zero-order valence-electron chi connectivity index (χ0n) is 20.3. The number of benzene rings is 1. The van der Waals surface area contributed by atoms with Crippen LogP contribution in [0, 0.1) is 28.6 Å². The Morgan fingerprint density at radius 1 is 1.00 bits per heavy atom. The summed E-state index contributed by atoms with van der Waals surface area (Å²) in [6.45, 7) is 8.84. The van der Waals surface area contributed by atoms with Gasteiger partial charge in [-0.15, -0.1) is 0 Å². The van der Waals surface area contributed by atoms with Gasteiger partial charge >= 0.3 is 0 Å². The molecule has 1 saturated heterocycles. The zero-order chi connectivity index (χ0) is 23.4. The lowest BCUT2D eigenvalue weighted by molar-refractivity contribution is -0.139. The van der Waals surface area contributed by atoms with Crippen molar-refractivity contribution in [3.05, 3.63) is 23.2 Å². The first-order chi connectivity index (χ1) is 15.6. The Hall–Kier alpha value is -1.75. The Bertz CT molecular complexity index is 895. The molecule has 1 aliphatic heterocycles. The number of carbonyl (C=O) groups excluding carboxylic acids is 2. The summed E-state index contributed by atoms with van der Waals surface area (Å²) < 4.78 is 0. The highest BCUT2D eigenvalue weighted by Crippen LogP contribution is 2.61. The smallest absolute Gasteiger partial charge is 0.228 e. The summed E-state index contributed by atoms with van der Waals surface area (Å²) in [6.07, 6.45) is 8.59. The highest BCUT2D eigenvalue weighted by molar-refractivity contribution is 6.33. The van der Waals surface area contributed by atoms with Crippen molar-refractivity contribution in [3.8, 4) is 0 Å². The van der Waals surface area contributed by atoms with Crippen LogP contribution in [-0.2, 0) is 9.59 Å². The molecule has 0 aromatic heterocycles. The summed E-state index contributed by atoms with van der Waals surface area (Å²) in [4.78, 5) is 29.7. The van der Waals surface area contributed by atoms with E-state index in [1.54, 1.807) is 0 Å². The number of amides is 2. The van der Waals surface area contributed by atoms with E-state index < -0.39 is 0 Å². The summed E-state index contributed by atoms with van der Waals surface area (Å²) in [5.41, 5.74) is 1.64. The molecule has 0 radical (unpaired) electrons. The van der Waals surface area contributed by atoms with Gasteiger partial charge in [-0.2, -0.15) is 0 Å². The number of anilines is 2. The van der Waals surface area contributed by atoms with Crippen LogP contribution in [0.5, 0.6) is 0 Å². The number of hydrogen-bond donors (Lipinski definition) is 1. The Balaban J connectivity index is 1.18. The van der Waals surface area contributed by atoms with Crippen molar-refractivity contribution in [2.45, 2.75) is 65.7 Å². The average molecular weight is 472 g/mol. The summed E-state index contributed by atoms with van der Waals surface area (Å²) in [5, 5.41) is 3.78. The van der Waals surface area contributed by atoms with E-state index in [4.69, 9.17) is 11.6 Å². The Morgan fingerprint density at radius 2 is 1.58 bits per heavy atom. The molecule has 6 heteroatoms. The molecule has 0 unspecified atom stereocenters. The van der Waals surface area contributed by atoms with Gasteiger partial charge in [0.25, 0.3) is 0 Å². The van der Waals surface area contributed by atoms with Crippen LogP contribution >= 0.6 is 11.6 Å². The molecular weight excluding hydrogens is 434 g/mol. The van der Waals surface area contributed by atoms with Crippen LogP contribution < -0.4 is 10.2 Å². The van der Waals surface area contributed by atoms with Crippen molar-refractivity contribution in [2.24, 2.45) is 28.6 Å². The van der Waals surface area contributed by atoms with Gasteiger partial charge in [0.15, 0.2) is 0 Å². The van der Waals surface area contributed by atoms with Crippen molar-refractivity contribution in [3.63, 3.8) is 0 Å². The van der Waals surface area contributed by atoms with E-state index in [0.717, 1.165) is 42.2 Å². The minimum Gasteiger partial charge on any atom is -0.367 e. The molecule has 4 aliphatic carbocycles. The standard InChI is InChI=1S/C27H38ClN3O2/c1-26(2,3)25(33)31-8-6-30(7-9-31)23-5-4-21(13-22(23)28)29-24(32)17-27-14-18-10-19(15-27)12-20(11-18)16-27/h4-5,13,18-20H,6-12,14-17H2,1-3H3,(H,29,32). The van der Waals surface area contributed by atoms with Gasteiger partial charge in [-0.25, -0.2) is 0 Å². The number of rotatable bonds is 4. The quantitative estimate of drug-likeness (QED) is 0.623. The number of nitrogens with zero attached hydrogens (tertiary/aromatic N) is 2. The molecule has 1 aromatic carbocycles. The third-order valence-corrected chi connectivity index (χ3v) is 8.78. The van der Waals surface area contributed by atoms with E-state index >= 15 is 0 Å². The molecule has 1 heterocycles. The molecule has 33 heavy (non-hydrogen) atoms. The highest BCUT2D eigenvalue weighted by Gasteiger charge is 2.51. The number of nitrogens with one attached hydrogen (secondary N) is 1. The van der Waals surface area contributed by atoms with Crippen LogP contribution in [0.4, 0.5) is 11.4 Å². The van der Waals surface area contributed by atoms with Crippen molar-refractivity contribution >= 4 is 34.8 Å². The van der Waals surface area contributed by atoms with Gasteiger partial charge in [0.1, 0.15) is 0 Å². The van der Waals surface area contributed by atoms with Gasteiger partial charge in [-0.3, -0.25) is 9.59 Å². The molecule has 4 bridgehead atoms.